The van der Waals surface area contributed by atoms with Crippen LogP contribution in [0.5, 0.6) is 0 Å². The molecule has 27 heavy (non-hydrogen) atoms. The number of likely N-dealkylation sites (tertiary alicyclic amines) is 1. The zero-order valence-electron chi connectivity index (χ0n) is 14.8. The van der Waals surface area contributed by atoms with Gasteiger partial charge < -0.3 is 10.2 Å². The number of hydrogen-bond donors (Lipinski definition) is 2. The summed E-state index contributed by atoms with van der Waals surface area (Å²) in [5.41, 5.74) is 3.06. The van der Waals surface area contributed by atoms with E-state index in [0.29, 0.717) is 54.7 Å². The van der Waals surface area contributed by atoms with Crippen molar-refractivity contribution in [1.29, 1.82) is 0 Å². The number of carbonyl (C=O) groups excluding carboxylic acids is 2. The summed E-state index contributed by atoms with van der Waals surface area (Å²) in [6.07, 6.45) is 5.43. The molecule has 3 aliphatic rings. The zero-order valence-corrected chi connectivity index (χ0v) is 16.3. The Hall–Kier alpha value is -1.76. The van der Waals surface area contributed by atoms with E-state index in [2.05, 4.69) is 10.8 Å². The highest BCUT2D eigenvalue weighted by Gasteiger charge is 2.41. The summed E-state index contributed by atoms with van der Waals surface area (Å²) in [5.74, 6) is 0.344. The monoisotopic (exact) mass is 409 g/mol. The average molecular weight is 410 g/mol. The molecular weight excluding hydrogens is 389 g/mol. The number of piperidine rings is 1. The number of hydroxylamine groups is 1. The van der Waals surface area contributed by atoms with Crippen LogP contribution in [-0.4, -0.2) is 41.9 Å². The molecule has 1 saturated heterocycles. The quantitative estimate of drug-likeness (QED) is 0.801. The Labute approximate surface area is 167 Å². The van der Waals surface area contributed by atoms with E-state index >= 15 is 0 Å². The van der Waals surface area contributed by atoms with Crippen LogP contribution in [0.4, 0.5) is 0 Å². The zero-order chi connectivity index (χ0) is 19.0. The van der Waals surface area contributed by atoms with E-state index in [0.717, 1.165) is 0 Å². The van der Waals surface area contributed by atoms with Crippen LogP contribution < -0.4 is 10.8 Å². The molecule has 2 aliphatic heterocycles. The third-order valence-electron chi connectivity index (χ3n) is 5.34. The number of rotatable bonds is 4. The standard InChI is InChI=1S/C19H21Cl2N3O3/c20-14-3-1-2-13(16(14)21)18(26)24-8-6-19(7-9-24)10-15(23-27-19)17(25)22-11-12-4-5-12/h1-3,10,12,23H,4-9,11H2,(H,22,25). The van der Waals surface area contributed by atoms with Crippen LogP contribution >= 0.6 is 23.2 Å². The number of hydrogen-bond acceptors (Lipinski definition) is 4. The normalized spacial score (nSPS) is 21.0. The van der Waals surface area contributed by atoms with Gasteiger partial charge in [-0.05, 0) is 37.0 Å². The van der Waals surface area contributed by atoms with Gasteiger partial charge in [-0.1, -0.05) is 29.3 Å². The van der Waals surface area contributed by atoms with Crippen molar-refractivity contribution in [3.63, 3.8) is 0 Å². The minimum Gasteiger partial charge on any atom is -0.350 e. The minimum absolute atomic E-state index is 0.136. The summed E-state index contributed by atoms with van der Waals surface area (Å²) in [7, 11) is 0. The summed E-state index contributed by atoms with van der Waals surface area (Å²) in [4.78, 5) is 32.4. The van der Waals surface area contributed by atoms with Crippen molar-refractivity contribution in [3.05, 3.63) is 45.6 Å². The Morgan fingerprint density at radius 1 is 1.26 bits per heavy atom. The average Bonchev–Trinajstić information content (AvgIpc) is 3.42. The summed E-state index contributed by atoms with van der Waals surface area (Å²) in [6, 6.07) is 5.05. The predicted octanol–water partition coefficient (Wildman–Crippen LogP) is 2.91. The van der Waals surface area contributed by atoms with Crippen LogP contribution in [0.1, 0.15) is 36.0 Å². The lowest BCUT2D eigenvalue weighted by Crippen LogP contribution is -2.46. The first-order chi connectivity index (χ1) is 13.0. The third kappa shape index (κ3) is 3.93. The van der Waals surface area contributed by atoms with Crippen molar-refractivity contribution < 1.29 is 14.4 Å². The number of nitrogens with zero attached hydrogens (tertiary/aromatic N) is 1. The van der Waals surface area contributed by atoms with E-state index in [-0.39, 0.29) is 16.8 Å². The molecule has 0 atom stereocenters. The fraction of sp³-hybridized carbons (Fsp3) is 0.474. The van der Waals surface area contributed by atoms with Crippen molar-refractivity contribution in [1.82, 2.24) is 15.7 Å². The van der Waals surface area contributed by atoms with Gasteiger partial charge in [-0.2, -0.15) is 0 Å². The first-order valence-electron chi connectivity index (χ1n) is 9.16. The lowest BCUT2D eigenvalue weighted by molar-refractivity contribution is -0.120. The predicted molar refractivity (Wildman–Crippen MR) is 102 cm³/mol. The lowest BCUT2D eigenvalue weighted by Gasteiger charge is -2.36. The number of benzene rings is 1. The minimum atomic E-state index is -0.554. The van der Waals surface area contributed by atoms with Crippen molar-refractivity contribution in [2.75, 3.05) is 19.6 Å². The first-order valence-corrected chi connectivity index (χ1v) is 9.91. The smallest absolute Gasteiger partial charge is 0.269 e. The van der Waals surface area contributed by atoms with E-state index in [9.17, 15) is 9.59 Å². The van der Waals surface area contributed by atoms with Gasteiger partial charge in [-0.15, -0.1) is 0 Å². The first kappa shape index (κ1) is 18.6. The van der Waals surface area contributed by atoms with Crippen molar-refractivity contribution >= 4 is 35.0 Å². The molecule has 144 valence electrons. The fourth-order valence-electron chi connectivity index (χ4n) is 3.42. The molecule has 4 rings (SSSR count). The van der Waals surface area contributed by atoms with Crippen LogP contribution in [0.2, 0.25) is 10.0 Å². The topological polar surface area (TPSA) is 70.7 Å². The maximum Gasteiger partial charge on any atom is 0.269 e. The van der Waals surface area contributed by atoms with Gasteiger partial charge in [0.2, 0.25) is 0 Å². The van der Waals surface area contributed by atoms with Gasteiger partial charge >= 0.3 is 0 Å². The van der Waals surface area contributed by atoms with Gasteiger partial charge in [0.1, 0.15) is 11.3 Å². The van der Waals surface area contributed by atoms with Crippen LogP contribution in [0.25, 0.3) is 0 Å². The van der Waals surface area contributed by atoms with Gasteiger partial charge in [0.15, 0.2) is 0 Å². The van der Waals surface area contributed by atoms with Crippen molar-refractivity contribution in [3.8, 4) is 0 Å². The summed E-state index contributed by atoms with van der Waals surface area (Å²) < 4.78 is 0. The number of halogens is 2. The molecule has 1 aromatic carbocycles. The maximum absolute atomic E-state index is 12.8. The highest BCUT2D eigenvalue weighted by Crippen LogP contribution is 2.34. The molecule has 0 radical (unpaired) electrons. The van der Waals surface area contributed by atoms with Crippen molar-refractivity contribution in [2.24, 2.45) is 5.92 Å². The molecule has 0 unspecified atom stereocenters. The second kappa shape index (κ2) is 7.34. The SMILES string of the molecule is O=C(NCC1CC1)C1=CC2(CCN(C(=O)c3cccc(Cl)c3Cl)CC2)ON1. The molecule has 2 heterocycles. The Morgan fingerprint density at radius 3 is 2.70 bits per heavy atom. The highest BCUT2D eigenvalue weighted by atomic mass is 35.5. The number of amides is 2. The second-order valence-corrected chi connectivity index (χ2v) is 8.16. The van der Waals surface area contributed by atoms with Gasteiger partial charge in [0, 0.05) is 32.5 Å². The molecule has 2 fully saturated rings. The molecule has 2 amide bonds. The van der Waals surface area contributed by atoms with Crippen LogP contribution in [0.15, 0.2) is 30.0 Å². The third-order valence-corrected chi connectivity index (χ3v) is 6.16. The van der Waals surface area contributed by atoms with E-state index in [4.69, 9.17) is 28.0 Å². The number of nitrogens with one attached hydrogen (secondary N) is 2. The molecule has 1 spiro atoms. The van der Waals surface area contributed by atoms with Gasteiger partial charge in [-0.3, -0.25) is 19.9 Å². The molecule has 0 aromatic heterocycles. The molecular formula is C19H21Cl2N3O3. The summed E-state index contributed by atoms with van der Waals surface area (Å²) >= 11 is 12.2. The fourth-order valence-corrected chi connectivity index (χ4v) is 3.80. The van der Waals surface area contributed by atoms with E-state index in [1.54, 1.807) is 23.1 Å². The molecule has 2 N–H and O–H groups in total. The van der Waals surface area contributed by atoms with E-state index < -0.39 is 5.60 Å². The summed E-state index contributed by atoms with van der Waals surface area (Å²) in [5, 5.41) is 3.57. The number of carbonyl (C=O) groups is 2. The lowest BCUT2D eigenvalue weighted by atomic mass is 9.90. The van der Waals surface area contributed by atoms with Crippen LogP contribution in [0.3, 0.4) is 0 Å². The molecule has 0 bridgehead atoms. The Kier molecular flexibility index (Phi) is 5.05. The highest BCUT2D eigenvalue weighted by molar-refractivity contribution is 6.43. The molecule has 6 nitrogen and oxygen atoms in total. The largest absolute Gasteiger partial charge is 0.350 e. The van der Waals surface area contributed by atoms with Crippen molar-refractivity contribution in [2.45, 2.75) is 31.3 Å². The molecule has 1 aliphatic carbocycles. The van der Waals surface area contributed by atoms with Crippen LogP contribution in [-0.2, 0) is 9.63 Å². The van der Waals surface area contributed by atoms with Gasteiger partial charge in [0.25, 0.3) is 11.8 Å². The van der Waals surface area contributed by atoms with E-state index in [1.165, 1.54) is 12.8 Å². The summed E-state index contributed by atoms with van der Waals surface area (Å²) in [6.45, 7) is 1.74. The van der Waals surface area contributed by atoms with Gasteiger partial charge in [-0.25, -0.2) is 0 Å². The second-order valence-electron chi connectivity index (χ2n) is 7.37. The van der Waals surface area contributed by atoms with Gasteiger partial charge in [0.05, 0.1) is 15.6 Å². The Morgan fingerprint density at radius 2 is 2.00 bits per heavy atom. The molecule has 1 aromatic rings. The molecule has 1 saturated carbocycles. The molecule has 8 heteroatoms. The maximum atomic E-state index is 12.8. The van der Waals surface area contributed by atoms with E-state index in [1.807, 2.05) is 6.08 Å². The Bertz CT molecular complexity index is 799. The van der Waals surface area contributed by atoms with Crippen LogP contribution in [0, 0.1) is 5.92 Å². The Balaban J connectivity index is 1.37.